The number of nitrogens with one attached hydrogen (secondary N) is 1. The van der Waals surface area contributed by atoms with Crippen molar-refractivity contribution in [3.05, 3.63) is 64.7 Å². The maximum Gasteiger partial charge on any atom is 0.343 e. The highest BCUT2D eigenvalue weighted by atomic mass is 19.3. The molecule has 0 bridgehead atoms. The molecule has 2 aromatic rings. The van der Waals surface area contributed by atoms with Crippen LogP contribution in [0.2, 0.25) is 0 Å². The maximum absolute atomic E-state index is 14.2. The van der Waals surface area contributed by atoms with Gasteiger partial charge in [0, 0.05) is 6.08 Å². The fourth-order valence-electron chi connectivity index (χ4n) is 2.36. The average Bonchev–Trinajstić information content (AvgIpc) is 2.55. The standard InChI is InChI=1S/C19H19F2NO3/c1-12-10-14(11-17(25-3)13(12)2)8-9-19(20,21)22-16-7-5-4-6-15(16)18(23)24/h4-11,22H,1-3H3,(H,23,24)/b9-8+. The van der Waals surface area contributed by atoms with Crippen LogP contribution in [0.3, 0.4) is 0 Å². The molecule has 0 saturated carbocycles. The summed E-state index contributed by atoms with van der Waals surface area (Å²) in [7, 11) is 1.52. The van der Waals surface area contributed by atoms with Gasteiger partial charge in [0.05, 0.1) is 18.4 Å². The van der Waals surface area contributed by atoms with E-state index in [2.05, 4.69) is 0 Å². The third-order valence-corrected chi connectivity index (χ3v) is 3.81. The Hall–Kier alpha value is -2.89. The highest BCUT2D eigenvalue weighted by molar-refractivity contribution is 5.94. The Morgan fingerprint density at radius 1 is 1.24 bits per heavy atom. The Morgan fingerprint density at radius 2 is 1.92 bits per heavy atom. The van der Waals surface area contributed by atoms with Crippen molar-refractivity contribution >= 4 is 17.7 Å². The van der Waals surface area contributed by atoms with Gasteiger partial charge in [0.15, 0.2) is 0 Å². The third-order valence-electron chi connectivity index (χ3n) is 3.81. The van der Waals surface area contributed by atoms with Crippen LogP contribution in [0.1, 0.15) is 27.0 Å². The quantitative estimate of drug-likeness (QED) is 0.742. The summed E-state index contributed by atoms with van der Waals surface area (Å²) in [5, 5.41) is 11.0. The Labute approximate surface area is 144 Å². The van der Waals surface area contributed by atoms with E-state index in [1.165, 1.54) is 37.5 Å². The summed E-state index contributed by atoms with van der Waals surface area (Å²) in [6, 6.07) is 5.54. The lowest BCUT2D eigenvalue weighted by atomic mass is 10.0. The topological polar surface area (TPSA) is 58.6 Å². The first-order chi connectivity index (χ1) is 11.7. The molecule has 132 valence electrons. The number of rotatable bonds is 6. The molecule has 0 aliphatic heterocycles. The lowest BCUT2D eigenvalue weighted by Crippen LogP contribution is -2.25. The van der Waals surface area contributed by atoms with E-state index < -0.39 is 12.0 Å². The monoisotopic (exact) mass is 347 g/mol. The minimum absolute atomic E-state index is 0.151. The minimum atomic E-state index is -3.42. The predicted octanol–water partition coefficient (Wildman–Crippen LogP) is 4.73. The second kappa shape index (κ2) is 7.34. The van der Waals surface area contributed by atoms with E-state index in [1.54, 1.807) is 12.1 Å². The number of aromatic carboxylic acids is 1. The molecule has 0 amide bonds. The smallest absolute Gasteiger partial charge is 0.343 e. The zero-order valence-corrected chi connectivity index (χ0v) is 14.1. The Balaban J connectivity index is 2.26. The van der Waals surface area contributed by atoms with Gasteiger partial charge < -0.3 is 15.2 Å². The van der Waals surface area contributed by atoms with Crippen LogP contribution in [-0.2, 0) is 0 Å². The molecule has 6 heteroatoms. The summed E-state index contributed by atoms with van der Waals surface area (Å²) in [6.45, 7) is 3.76. The number of alkyl halides is 2. The van der Waals surface area contributed by atoms with Crippen LogP contribution in [0.25, 0.3) is 6.08 Å². The van der Waals surface area contributed by atoms with Gasteiger partial charge in [-0.25, -0.2) is 4.79 Å². The van der Waals surface area contributed by atoms with Crippen molar-refractivity contribution in [2.45, 2.75) is 19.9 Å². The molecule has 2 aromatic carbocycles. The van der Waals surface area contributed by atoms with E-state index >= 15 is 0 Å². The van der Waals surface area contributed by atoms with Crippen LogP contribution in [0.4, 0.5) is 14.5 Å². The number of carboxylic acid groups (broad SMARTS) is 1. The van der Waals surface area contributed by atoms with E-state index in [0.717, 1.165) is 11.1 Å². The predicted molar refractivity (Wildman–Crippen MR) is 93.5 cm³/mol. The molecule has 2 N–H and O–H groups in total. The lowest BCUT2D eigenvalue weighted by molar-refractivity contribution is 0.0695. The number of aryl methyl sites for hydroxylation is 1. The molecule has 0 saturated heterocycles. The molecule has 0 aromatic heterocycles. The maximum atomic E-state index is 14.2. The summed E-state index contributed by atoms with van der Waals surface area (Å²) in [5.74, 6) is -0.658. The van der Waals surface area contributed by atoms with E-state index in [0.29, 0.717) is 17.4 Å². The Morgan fingerprint density at radius 3 is 2.56 bits per heavy atom. The second-order valence-corrected chi connectivity index (χ2v) is 5.60. The van der Waals surface area contributed by atoms with Crippen molar-refractivity contribution in [3.8, 4) is 5.75 Å². The fourth-order valence-corrected chi connectivity index (χ4v) is 2.36. The van der Waals surface area contributed by atoms with Gasteiger partial charge in [0.25, 0.3) is 0 Å². The molecule has 0 atom stereocenters. The number of para-hydroxylation sites is 1. The van der Waals surface area contributed by atoms with Crippen molar-refractivity contribution in [2.24, 2.45) is 0 Å². The molecule has 2 rings (SSSR count). The molecule has 0 aliphatic rings. The number of halogens is 2. The Bertz CT molecular complexity index is 816. The summed E-state index contributed by atoms with van der Waals surface area (Å²) in [4.78, 5) is 11.1. The first-order valence-electron chi connectivity index (χ1n) is 7.56. The van der Waals surface area contributed by atoms with Crippen LogP contribution in [0.5, 0.6) is 5.75 Å². The second-order valence-electron chi connectivity index (χ2n) is 5.60. The van der Waals surface area contributed by atoms with E-state index in [9.17, 15) is 13.6 Å². The number of benzene rings is 2. The van der Waals surface area contributed by atoms with Gasteiger partial charge in [-0.15, -0.1) is 0 Å². The van der Waals surface area contributed by atoms with Crippen molar-refractivity contribution < 1.29 is 23.4 Å². The van der Waals surface area contributed by atoms with Crippen LogP contribution < -0.4 is 10.1 Å². The summed E-state index contributed by atoms with van der Waals surface area (Å²) >= 11 is 0. The fraction of sp³-hybridized carbons (Fsp3) is 0.211. The van der Waals surface area contributed by atoms with E-state index in [-0.39, 0.29) is 11.3 Å². The number of anilines is 1. The third kappa shape index (κ3) is 4.56. The normalized spacial score (nSPS) is 11.6. The zero-order valence-electron chi connectivity index (χ0n) is 14.1. The van der Waals surface area contributed by atoms with Gasteiger partial charge in [-0.05, 0) is 48.7 Å². The van der Waals surface area contributed by atoms with Crippen molar-refractivity contribution in [3.63, 3.8) is 0 Å². The number of carboxylic acids is 1. The molecule has 0 radical (unpaired) electrons. The SMILES string of the molecule is COc1cc(/C=C/C(F)(F)Nc2ccccc2C(=O)O)cc(C)c1C. The molecule has 0 unspecified atom stereocenters. The number of hydrogen-bond acceptors (Lipinski definition) is 3. The average molecular weight is 347 g/mol. The number of ether oxygens (including phenoxy) is 1. The van der Waals surface area contributed by atoms with Crippen molar-refractivity contribution in [1.82, 2.24) is 0 Å². The largest absolute Gasteiger partial charge is 0.496 e. The first-order valence-corrected chi connectivity index (χ1v) is 7.56. The molecular formula is C19H19F2NO3. The molecule has 0 fully saturated rings. The minimum Gasteiger partial charge on any atom is -0.496 e. The van der Waals surface area contributed by atoms with Crippen LogP contribution in [0.15, 0.2) is 42.5 Å². The molecule has 0 heterocycles. The summed E-state index contributed by atoms with van der Waals surface area (Å²) in [5.41, 5.74) is 2.06. The summed E-state index contributed by atoms with van der Waals surface area (Å²) < 4.78 is 33.6. The van der Waals surface area contributed by atoms with E-state index in [4.69, 9.17) is 9.84 Å². The van der Waals surface area contributed by atoms with E-state index in [1.807, 2.05) is 19.2 Å². The molecule has 0 spiro atoms. The van der Waals surface area contributed by atoms with Crippen molar-refractivity contribution in [1.29, 1.82) is 0 Å². The zero-order chi connectivity index (χ0) is 18.6. The molecule has 4 nitrogen and oxygen atoms in total. The van der Waals surface area contributed by atoms with Crippen LogP contribution in [0, 0.1) is 13.8 Å². The molecular weight excluding hydrogens is 328 g/mol. The highest BCUT2D eigenvalue weighted by Crippen LogP contribution is 2.27. The van der Waals surface area contributed by atoms with Crippen molar-refractivity contribution in [2.75, 3.05) is 12.4 Å². The van der Waals surface area contributed by atoms with Gasteiger partial charge >= 0.3 is 12.0 Å². The number of hydrogen-bond donors (Lipinski definition) is 2. The van der Waals surface area contributed by atoms with Crippen LogP contribution >= 0.6 is 0 Å². The lowest BCUT2D eigenvalue weighted by Gasteiger charge is -2.17. The van der Waals surface area contributed by atoms with Gasteiger partial charge in [-0.2, -0.15) is 8.78 Å². The van der Waals surface area contributed by atoms with Crippen LogP contribution in [-0.4, -0.2) is 24.2 Å². The summed E-state index contributed by atoms with van der Waals surface area (Å²) in [6.07, 6.45) is 1.96. The van der Waals surface area contributed by atoms with Gasteiger partial charge in [-0.3, -0.25) is 0 Å². The van der Waals surface area contributed by atoms with Gasteiger partial charge in [-0.1, -0.05) is 24.3 Å². The Kier molecular flexibility index (Phi) is 5.41. The number of carbonyl (C=O) groups is 1. The first kappa shape index (κ1) is 18.4. The number of methoxy groups -OCH3 is 1. The van der Waals surface area contributed by atoms with Gasteiger partial charge in [0.1, 0.15) is 5.75 Å². The highest BCUT2D eigenvalue weighted by Gasteiger charge is 2.26. The molecule has 0 aliphatic carbocycles. The molecule has 25 heavy (non-hydrogen) atoms. The van der Waals surface area contributed by atoms with Gasteiger partial charge in [0.2, 0.25) is 0 Å².